The summed E-state index contributed by atoms with van der Waals surface area (Å²) in [5.74, 6) is 0.325. The van der Waals surface area contributed by atoms with Crippen LogP contribution in [0.4, 0.5) is 0 Å². The van der Waals surface area contributed by atoms with Crippen LogP contribution in [0.5, 0.6) is 11.5 Å². The van der Waals surface area contributed by atoms with Crippen LogP contribution in [-0.2, 0) is 11.4 Å². The summed E-state index contributed by atoms with van der Waals surface area (Å²) in [6.45, 7) is 2.53. The fraction of sp³-hybridized carbons (Fsp3) is 0.250. The minimum atomic E-state index is -0.754. The molecule has 1 heterocycles. The maximum Gasteiger partial charge on any atom is 0.307 e. The lowest BCUT2D eigenvalue weighted by molar-refractivity contribution is -0.138. The number of hydrogen-bond acceptors (Lipinski definition) is 4. The number of carboxylic acid groups (broad SMARTS) is 1. The Morgan fingerprint density at radius 1 is 1.10 bits per heavy atom. The Balaban J connectivity index is 1.54. The van der Waals surface area contributed by atoms with E-state index in [1.54, 1.807) is 19.5 Å². The van der Waals surface area contributed by atoms with Crippen molar-refractivity contribution in [3.05, 3.63) is 77.6 Å². The van der Waals surface area contributed by atoms with Crippen LogP contribution in [-0.4, -0.2) is 23.2 Å². The summed E-state index contributed by atoms with van der Waals surface area (Å²) < 4.78 is 11.4. The van der Waals surface area contributed by atoms with Gasteiger partial charge in [0.15, 0.2) is 0 Å². The van der Waals surface area contributed by atoms with Gasteiger partial charge in [-0.2, -0.15) is 0 Å². The van der Waals surface area contributed by atoms with Gasteiger partial charge >= 0.3 is 5.97 Å². The molecule has 1 N–H and O–H groups in total. The van der Waals surface area contributed by atoms with Crippen molar-refractivity contribution in [1.29, 1.82) is 0 Å². The summed E-state index contributed by atoms with van der Waals surface area (Å²) in [7, 11) is 1.61. The molecule has 3 aromatic rings. The molecule has 0 saturated heterocycles. The van der Waals surface area contributed by atoms with Gasteiger partial charge in [-0.15, -0.1) is 0 Å². The topological polar surface area (TPSA) is 68.7 Å². The summed E-state index contributed by atoms with van der Waals surface area (Å²) in [6, 6.07) is 16.0. The van der Waals surface area contributed by atoms with E-state index in [0.29, 0.717) is 18.8 Å². The van der Waals surface area contributed by atoms with Crippen molar-refractivity contribution in [1.82, 2.24) is 4.98 Å². The number of benzene rings is 2. The van der Waals surface area contributed by atoms with Crippen LogP contribution in [0.1, 0.15) is 29.0 Å². The summed E-state index contributed by atoms with van der Waals surface area (Å²) >= 11 is 0. The van der Waals surface area contributed by atoms with Crippen molar-refractivity contribution in [3.8, 4) is 22.6 Å². The molecule has 0 aliphatic heterocycles. The molecular formula is C24H23NO4. The van der Waals surface area contributed by atoms with Gasteiger partial charge < -0.3 is 14.6 Å². The van der Waals surface area contributed by atoms with Crippen molar-refractivity contribution in [2.45, 2.75) is 25.9 Å². The van der Waals surface area contributed by atoms with Gasteiger partial charge in [-0.05, 0) is 48.2 Å². The Hall–Kier alpha value is -3.34. The highest BCUT2D eigenvalue weighted by atomic mass is 16.5. The molecule has 2 unspecified atom stereocenters. The largest absolute Gasteiger partial charge is 0.496 e. The third kappa shape index (κ3) is 4.24. The number of aryl methyl sites for hydroxylation is 1. The molecule has 1 saturated carbocycles. The molecule has 1 aliphatic rings. The van der Waals surface area contributed by atoms with Gasteiger partial charge in [-0.3, -0.25) is 9.78 Å². The predicted octanol–water partition coefficient (Wildman–Crippen LogP) is 4.83. The van der Waals surface area contributed by atoms with Crippen molar-refractivity contribution >= 4 is 5.97 Å². The van der Waals surface area contributed by atoms with Crippen molar-refractivity contribution < 1.29 is 19.4 Å². The molecule has 5 heteroatoms. The SMILES string of the molecule is COc1ccc(-c2cncc(OCc3ccc(C)cc3)c2)cc1C1CC1C(=O)O. The van der Waals surface area contributed by atoms with Gasteiger partial charge in [0.1, 0.15) is 18.1 Å². The Morgan fingerprint density at radius 2 is 1.90 bits per heavy atom. The molecule has 5 nitrogen and oxygen atoms in total. The maximum absolute atomic E-state index is 11.3. The van der Waals surface area contributed by atoms with Crippen LogP contribution in [0, 0.1) is 12.8 Å². The van der Waals surface area contributed by atoms with Crippen LogP contribution in [0.25, 0.3) is 11.1 Å². The molecule has 4 rings (SSSR count). The van der Waals surface area contributed by atoms with E-state index in [4.69, 9.17) is 9.47 Å². The van der Waals surface area contributed by atoms with Crippen molar-refractivity contribution in [3.63, 3.8) is 0 Å². The Labute approximate surface area is 169 Å². The number of aromatic nitrogens is 1. The first-order chi connectivity index (χ1) is 14.0. The maximum atomic E-state index is 11.3. The van der Waals surface area contributed by atoms with Gasteiger partial charge in [0.2, 0.25) is 0 Å². The van der Waals surface area contributed by atoms with Crippen LogP contribution in [0.3, 0.4) is 0 Å². The first-order valence-electron chi connectivity index (χ1n) is 9.59. The Kier molecular flexibility index (Phi) is 5.21. The van der Waals surface area contributed by atoms with Gasteiger partial charge in [-0.25, -0.2) is 0 Å². The van der Waals surface area contributed by atoms with E-state index in [1.807, 2.05) is 24.3 Å². The standard InChI is InChI=1S/C24H23NO4/c1-15-3-5-16(6-4-15)14-29-19-9-18(12-25-13-19)17-7-8-23(28-2)21(10-17)20-11-22(20)24(26)27/h3-10,12-13,20,22H,11,14H2,1-2H3,(H,26,27). The number of carboxylic acids is 1. The quantitative estimate of drug-likeness (QED) is 0.627. The van der Waals surface area contributed by atoms with E-state index in [-0.39, 0.29) is 11.8 Å². The number of methoxy groups -OCH3 is 1. The van der Waals surface area contributed by atoms with Crippen molar-refractivity contribution in [2.24, 2.45) is 5.92 Å². The third-order valence-electron chi connectivity index (χ3n) is 5.31. The van der Waals surface area contributed by atoms with E-state index in [0.717, 1.165) is 28.0 Å². The number of rotatable bonds is 7. The summed E-state index contributed by atoms with van der Waals surface area (Å²) in [4.78, 5) is 15.6. The van der Waals surface area contributed by atoms with E-state index in [9.17, 15) is 9.90 Å². The Morgan fingerprint density at radius 3 is 2.59 bits per heavy atom. The van der Waals surface area contributed by atoms with E-state index < -0.39 is 5.97 Å². The second-order valence-corrected chi connectivity index (χ2v) is 7.43. The van der Waals surface area contributed by atoms with Crippen LogP contribution in [0.15, 0.2) is 60.9 Å². The molecule has 0 amide bonds. The second kappa shape index (κ2) is 7.95. The Bertz CT molecular complexity index is 1030. The molecule has 2 aromatic carbocycles. The monoisotopic (exact) mass is 389 g/mol. The zero-order chi connectivity index (χ0) is 20.4. The summed E-state index contributed by atoms with van der Waals surface area (Å²) in [5, 5.41) is 9.27. The fourth-order valence-corrected chi connectivity index (χ4v) is 3.52. The molecule has 1 aromatic heterocycles. The normalized spacial score (nSPS) is 17.6. The molecule has 2 atom stereocenters. The molecule has 0 spiro atoms. The first kappa shape index (κ1) is 19.0. The van der Waals surface area contributed by atoms with Gasteiger partial charge in [-0.1, -0.05) is 35.9 Å². The number of carbonyl (C=O) groups is 1. The second-order valence-electron chi connectivity index (χ2n) is 7.43. The highest BCUT2D eigenvalue weighted by molar-refractivity contribution is 5.76. The van der Waals surface area contributed by atoms with Gasteiger partial charge in [0, 0.05) is 17.7 Å². The molecule has 1 fully saturated rings. The average molecular weight is 389 g/mol. The molecular weight excluding hydrogens is 366 g/mol. The molecule has 148 valence electrons. The number of hydrogen-bond donors (Lipinski definition) is 1. The predicted molar refractivity (Wildman–Crippen MR) is 110 cm³/mol. The molecule has 0 bridgehead atoms. The van der Waals surface area contributed by atoms with Crippen molar-refractivity contribution in [2.75, 3.05) is 7.11 Å². The van der Waals surface area contributed by atoms with E-state index >= 15 is 0 Å². The highest BCUT2D eigenvalue weighted by Crippen LogP contribution is 2.51. The van der Waals surface area contributed by atoms with Crippen LogP contribution in [0.2, 0.25) is 0 Å². The zero-order valence-corrected chi connectivity index (χ0v) is 16.5. The van der Waals surface area contributed by atoms with Crippen LogP contribution < -0.4 is 9.47 Å². The lowest BCUT2D eigenvalue weighted by Crippen LogP contribution is -2.00. The lowest BCUT2D eigenvalue weighted by atomic mass is 10.0. The van der Waals surface area contributed by atoms with Gasteiger partial charge in [0.05, 0.1) is 19.2 Å². The number of aliphatic carboxylic acids is 1. The fourth-order valence-electron chi connectivity index (χ4n) is 3.52. The molecule has 0 radical (unpaired) electrons. The zero-order valence-electron chi connectivity index (χ0n) is 16.5. The summed E-state index contributed by atoms with van der Waals surface area (Å²) in [5.41, 5.74) is 5.13. The number of pyridine rings is 1. The minimum Gasteiger partial charge on any atom is -0.496 e. The van der Waals surface area contributed by atoms with Crippen LogP contribution >= 0.6 is 0 Å². The minimum absolute atomic E-state index is 0.00340. The lowest BCUT2D eigenvalue weighted by Gasteiger charge is -2.12. The number of nitrogens with zero attached hydrogens (tertiary/aromatic N) is 1. The molecule has 1 aliphatic carbocycles. The summed E-state index contributed by atoms with van der Waals surface area (Å²) in [6.07, 6.45) is 4.13. The molecule has 29 heavy (non-hydrogen) atoms. The third-order valence-corrected chi connectivity index (χ3v) is 5.31. The van der Waals surface area contributed by atoms with E-state index in [2.05, 4.69) is 36.2 Å². The van der Waals surface area contributed by atoms with Gasteiger partial charge in [0.25, 0.3) is 0 Å². The highest BCUT2D eigenvalue weighted by Gasteiger charge is 2.45. The number of ether oxygens (including phenoxy) is 2. The first-order valence-corrected chi connectivity index (χ1v) is 9.59. The average Bonchev–Trinajstić information content (AvgIpc) is 3.54. The van der Waals surface area contributed by atoms with E-state index in [1.165, 1.54) is 5.56 Å². The smallest absolute Gasteiger partial charge is 0.307 e.